The Balaban J connectivity index is 1.92. The summed E-state index contributed by atoms with van der Waals surface area (Å²) >= 11 is 0. The van der Waals surface area contributed by atoms with Gasteiger partial charge in [0.2, 0.25) is 5.91 Å². The van der Waals surface area contributed by atoms with Crippen molar-refractivity contribution in [2.24, 2.45) is 5.92 Å². The van der Waals surface area contributed by atoms with Gasteiger partial charge >= 0.3 is 5.97 Å². The molecule has 2 heterocycles. The number of hydrogen-bond acceptors (Lipinski definition) is 4. The first-order valence-corrected chi connectivity index (χ1v) is 8.38. The Morgan fingerprint density at radius 2 is 2.25 bits per heavy atom. The Hall–Kier alpha value is -2.08. The molecule has 2 aliphatic heterocycles. The summed E-state index contributed by atoms with van der Waals surface area (Å²) in [6.45, 7) is 1.71. The smallest absolute Gasteiger partial charge is 0.308 e. The van der Waals surface area contributed by atoms with Crippen LogP contribution in [0.4, 0.5) is 0 Å². The van der Waals surface area contributed by atoms with Crippen molar-refractivity contribution in [2.45, 2.75) is 31.7 Å². The van der Waals surface area contributed by atoms with Gasteiger partial charge < -0.3 is 19.5 Å². The van der Waals surface area contributed by atoms with E-state index in [1.807, 2.05) is 18.2 Å². The maximum Gasteiger partial charge on any atom is 0.308 e. The molecule has 0 radical (unpaired) electrons. The number of piperidine rings is 1. The van der Waals surface area contributed by atoms with Gasteiger partial charge in [0.25, 0.3) is 0 Å². The fraction of sp³-hybridized carbons (Fsp3) is 0.556. The number of fused-ring (bicyclic) bond motifs is 1. The third-order valence-electron chi connectivity index (χ3n) is 4.83. The fourth-order valence-electron chi connectivity index (χ4n) is 3.66. The average Bonchev–Trinajstić information content (AvgIpc) is 3.03. The first-order chi connectivity index (χ1) is 11.6. The number of methoxy groups -OCH3 is 1. The summed E-state index contributed by atoms with van der Waals surface area (Å²) in [4.78, 5) is 25.9. The molecule has 2 aliphatic rings. The summed E-state index contributed by atoms with van der Waals surface area (Å²) in [6, 6.07) is 5.37. The molecule has 6 nitrogen and oxygen atoms in total. The highest BCUT2D eigenvalue weighted by Crippen LogP contribution is 2.39. The van der Waals surface area contributed by atoms with Crippen molar-refractivity contribution in [1.29, 1.82) is 0 Å². The normalized spacial score (nSPS) is 23.0. The van der Waals surface area contributed by atoms with Crippen LogP contribution in [0.3, 0.4) is 0 Å². The quantitative estimate of drug-likeness (QED) is 0.806. The van der Waals surface area contributed by atoms with Crippen LogP contribution in [0.15, 0.2) is 18.2 Å². The van der Waals surface area contributed by atoms with E-state index in [1.54, 1.807) is 12.0 Å². The van der Waals surface area contributed by atoms with Crippen LogP contribution in [-0.2, 0) is 20.7 Å². The molecular weight excluding hydrogens is 310 g/mol. The second-order valence-electron chi connectivity index (χ2n) is 6.33. The molecule has 24 heavy (non-hydrogen) atoms. The Morgan fingerprint density at radius 1 is 1.42 bits per heavy atom. The lowest BCUT2D eigenvalue weighted by Gasteiger charge is -2.40. The van der Waals surface area contributed by atoms with Gasteiger partial charge in [-0.15, -0.1) is 0 Å². The van der Waals surface area contributed by atoms with Gasteiger partial charge in [0.05, 0.1) is 18.6 Å². The van der Waals surface area contributed by atoms with Crippen LogP contribution in [0.5, 0.6) is 5.75 Å². The highest BCUT2D eigenvalue weighted by molar-refractivity contribution is 5.81. The highest BCUT2D eigenvalue weighted by Gasteiger charge is 2.40. The molecule has 1 fully saturated rings. The lowest BCUT2D eigenvalue weighted by atomic mass is 9.83. The summed E-state index contributed by atoms with van der Waals surface area (Å²) in [6.07, 6.45) is 2.19. The van der Waals surface area contributed by atoms with E-state index in [1.165, 1.54) is 0 Å². The minimum Gasteiger partial charge on any atom is -0.493 e. The van der Waals surface area contributed by atoms with Crippen LogP contribution in [0, 0.1) is 5.92 Å². The maximum absolute atomic E-state index is 12.4. The lowest BCUT2D eigenvalue weighted by molar-refractivity contribution is -0.152. The summed E-state index contributed by atoms with van der Waals surface area (Å²) in [5, 5.41) is 9.65. The number of carboxylic acids is 1. The Labute approximate surface area is 141 Å². The molecule has 1 saturated heterocycles. The number of hydrogen-bond donors (Lipinski definition) is 1. The number of benzene rings is 1. The second kappa shape index (κ2) is 7.21. The molecule has 0 aromatic heterocycles. The summed E-state index contributed by atoms with van der Waals surface area (Å²) < 4.78 is 10.6. The molecule has 0 spiro atoms. The number of carboxylic acid groups (broad SMARTS) is 1. The van der Waals surface area contributed by atoms with E-state index in [0.29, 0.717) is 32.6 Å². The van der Waals surface area contributed by atoms with Crippen molar-refractivity contribution in [2.75, 3.05) is 26.9 Å². The van der Waals surface area contributed by atoms with E-state index in [9.17, 15) is 14.7 Å². The number of amides is 1. The van der Waals surface area contributed by atoms with Crippen molar-refractivity contribution < 1.29 is 24.2 Å². The number of rotatable bonds is 6. The monoisotopic (exact) mass is 333 g/mol. The third-order valence-corrected chi connectivity index (χ3v) is 4.83. The standard InChI is InChI=1S/C18H23NO5/c1-23-9-2-8-19-16(20)6-4-14(18(21)22)17(19)13-3-5-15-12(11-13)7-10-24-15/h3,5,11,14,17H,2,4,6-10H2,1H3,(H,21,22)/t14-,17+/m0/s1. The van der Waals surface area contributed by atoms with Gasteiger partial charge in [-0.25, -0.2) is 0 Å². The lowest BCUT2D eigenvalue weighted by Crippen LogP contribution is -2.46. The van der Waals surface area contributed by atoms with Crippen LogP contribution in [0.1, 0.15) is 36.4 Å². The topological polar surface area (TPSA) is 76.1 Å². The predicted octanol–water partition coefficient (Wildman–Crippen LogP) is 2.02. The maximum atomic E-state index is 12.4. The van der Waals surface area contributed by atoms with Gasteiger partial charge in [-0.1, -0.05) is 6.07 Å². The molecule has 1 aromatic carbocycles. The number of carbonyl (C=O) groups excluding carboxylic acids is 1. The predicted molar refractivity (Wildman–Crippen MR) is 86.9 cm³/mol. The van der Waals surface area contributed by atoms with Crippen LogP contribution in [0.25, 0.3) is 0 Å². The van der Waals surface area contributed by atoms with Gasteiger partial charge in [-0.05, 0) is 36.1 Å². The summed E-state index contributed by atoms with van der Waals surface area (Å²) in [7, 11) is 1.62. The molecule has 0 saturated carbocycles. The zero-order chi connectivity index (χ0) is 17.1. The zero-order valence-corrected chi connectivity index (χ0v) is 13.9. The minimum atomic E-state index is -0.846. The molecule has 3 rings (SSSR count). The average molecular weight is 333 g/mol. The molecule has 1 amide bonds. The van der Waals surface area contributed by atoms with Crippen LogP contribution < -0.4 is 4.74 Å². The highest BCUT2D eigenvalue weighted by atomic mass is 16.5. The Morgan fingerprint density at radius 3 is 3.00 bits per heavy atom. The molecule has 1 aromatic rings. The Bertz CT molecular complexity index is 630. The largest absolute Gasteiger partial charge is 0.493 e. The van der Waals surface area contributed by atoms with Crippen LogP contribution in [0.2, 0.25) is 0 Å². The van der Waals surface area contributed by atoms with Gasteiger partial charge in [0.15, 0.2) is 0 Å². The van der Waals surface area contributed by atoms with E-state index in [4.69, 9.17) is 9.47 Å². The van der Waals surface area contributed by atoms with Crippen molar-refractivity contribution in [3.63, 3.8) is 0 Å². The van der Waals surface area contributed by atoms with E-state index in [2.05, 4.69) is 0 Å². The molecule has 130 valence electrons. The van der Waals surface area contributed by atoms with Gasteiger partial charge in [0, 0.05) is 33.1 Å². The third kappa shape index (κ3) is 3.24. The van der Waals surface area contributed by atoms with Crippen molar-refractivity contribution in [1.82, 2.24) is 4.90 Å². The fourth-order valence-corrected chi connectivity index (χ4v) is 3.66. The van der Waals surface area contributed by atoms with Crippen molar-refractivity contribution >= 4 is 11.9 Å². The first-order valence-electron chi connectivity index (χ1n) is 8.38. The summed E-state index contributed by atoms with van der Waals surface area (Å²) in [5.74, 6) is -0.546. The van der Waals surface area contributed by atoms with Gasteiger partial charge in [-0.2, -0.15) is 0 Å². The van der Waals surface area contributed by atoms with E-state index in [0.717, 1.165) is 23.3 Å². The van der Waals surface area contributed by atoms with E-state index < -0.39 is 17.9 Å². The molecule has 0 unspecified atom stereocenters. The minimum absolute atomic E-state index is 0.0188. The van der Waals surface area contributed by atoms with E-state index in [-0.39, 0.29) is 12.3 Å². The number of ether oxygens (including phenoxy) is 2. The van der Waals surface area contributed by atoms with Gasteiger partial charge in [-0.3, -0.25) is 9.59 Å². The molecular formula is C18H23NO5. The van der Waals surface area contributed by atoms with Crippen molar-refractivity contribution in [3.05, 3.63) is 29.3 Å². The molecule has 6 heteroatoms. The van der Waals surface area contributed by atoms with Crippen LogP contribution >= 0.6 is 0 Å². The van der Waals surface area contributed by atoms with Gasteiger partial charge in [0.1, 0.15) is 5.75 Å². The number of likely N-dealkylation sites (tertiary alicyclic amines) is 1. The Kier molecular flexibility index (Phi) is 5.04. The number of carbonyl (C=O) groups is 2. The molecule has 0 aliphatic carbocycles. The zero-order valence-electron chi connectivity index (χ0n) is 13.9. The number of aliphatic carboxylic acids is 1. The molecule has 0 bridgehead atoms. The number of nitrogens with zero attached hydrogens (tertiary/aromatic N) is 1. The molecule has 1 N–H and O–H groups in total. The first kappa shape index (κ1) is 16.8. The summed E-state index contributed by atoms with van der Waals surface area (Å²) in [5.41, 5.74) is 1.98. The van der Waals surface area contributed by atoms with Crippen LogP contribution in [-0.4, -0.2) is 48.8 Å². The second-order valence-corrected chi connectivity index (χ2v) is 6.33. The molecule has 2 atom stereocenters. The SMILES string of the molecule is COCCCN1C(=O)CC[C@H](C(=O)O)[C@H]1c1ccc2c(c1)CCO2. The van der Waals surface area contributed by atoms with Crippen molar-refractivity contribution in [3.8, 4) is 5.75 Å². The van der Waals surface area contributed by atoms with E-state index >= 15 is 0 Å².